The van der Waals surface area contributed by atoms with Crippen LogP contribution in [0, 0.1) is 5.92 Å². The minimum Gasteiger partial charge on any atom is -0.372 e. The molecule has 2 unspecified atom stereocenters. The number of halogens is 3. The molecule has 1 aromatic heterocycles. The van der Waals surface area contributed by atoms with Gasteiger partial charge in [0, 0.05) is 12.8 Å². The van der Waals surface area contributed by atoms with Crippen LogP contribution in [-0.4, -0.2) is 42.1 Å². The highest BCUT2D eigenvalue weighted by Crippen LogP contribution is 2.32. The van der Waals surface area contributed by atoms with Gasteiger partial charge in [-0.15, -0.1) is 0 Å². The van der Waals surface area contributed by atoms with Crippen molar-refractivity contribution in [2.24, 2.45) is 5.92 Å². The lowest BCUT2D eigenvalue weighted by molar-refractivity contribution is -0.176. The SMILES string of the molecule is O=Cc1cn(C2CCCCO2)nc1C1=CCC(COCC(F)(F)F)CC1. The third kappa shape index (κ3) is 4.94. The van der Waals surface area contributed by atoms with Gasteiger partial charge >= 0.3 is 6.18 Å². The Balaban J connectivity index is 1.62. The van der Waals surface area contributed by atoms with E-state index in [0.29, 0.717) is 30.7 Å². The number of aromatic nitrogens is 2. The second-order valence-corrected chi connectivity index (χ2v) is 6.85. The first-order chi connectivity index (χ1) is 12.5. The number of hydrogen-bond donors (Lipinski definition) is 0. The summed E-state index contributed by atoms with van der Waals surface area (Å²) in [6.45, 7) is -0.423. The molecule has 1 aliphatic carbocycles. The Morgan fingerprint density at radius 3 is 2.81 bits per heavy atom. The van der Waals surface area contributed by atoms with Gasteiger partial charge in [0.05, 0.1) is 17.9 Å². The number of allylic oxidation sites excluding steroid dienone is 2. The summed E-state index contributed by atoms with van der Waals surface area (Å²) in [6.07, 6.45) is 5.04. The van der Waals surface area contributed by atoms with E-state index in [4.69, 9.17) is 9.47 Å². The van der Waals surface area contributed by atoms with E-state index in [-0.39, 0.29) is 18.8 Å². The normalized spacial score (nSPS) is 24.3. The summed E-state index contributed by atoms with van der Waals surface area (Å²) >= 11 is 0. The van der Waals surface area contributed by atoms with Gasteiger partial charge in [-0.25, -0.2) is 4.68 Å². The van der Waals surface area contributed by atoms with Gasteiger partial charge in [-0.05, 0) is 50.0 Å². The maximum Gasteiger partial charge on any atom is 0.411 e. The fraction of sp³-hybridized carbons (Fsp3) is 0.667. The van der Waals surface area contributed by atoms with Crippen molar-refractivity contribution in [3.63, 3.8) is 0 Å². The van der Waals surface area contributed by atoms with E-state index < -0.39 is 12.8 Å². The Labute approximate surface area is 150 Å². The third-order valence-corrected chi connectivity index (χ3v) is 4.78. The molecule has 2 aliphatic rings. The molecule has 2 atom stereocenters. The summed E-state index contributed by atoms with van der Waals surface area (Å²) in [5.74, 6) is 0.0598. The molecule has 0 spiro atoms. The zero-order valence-electron chi connectivity index (χ0n) is 14.5. The molecule has 0 saturated carbocycles. The second-order valence-electron chi connectivity index (χ2n) is 6.85. The number of ether oxygens (including phenoxy) is 2. The fourth-order valence-corrected chi connectivity index (χ4v) is 3.42. The topological polar surface area (TPSA) is 53.4 Å². The lowest BCUT2D eigenvalue weighted by atomic mass is 9.88. The number of carbonyl (C=O) groups excluding carboxylic acids is 1. The molecule has 2 heterocycles. The van der Waals surface area contributed by atoms with Gasteiger partial charge in [0.1, 0.15) is 12.8 Å². The molecule has 8 heteroatoms. The highest BCUT2D eigenvalue weighted by atomic mass is 19.4. The maximum atomic E-state index is 12.1. The molecule has 0 bridgehead atoms. The summed E-state index contributed by atoms with van der Waals surface area (Å²) in [7, 11) is 0. The van der Waals surface area contributed by atoms with Crippen LogP contribution in [0.2, 0.25) is 0 Å². The Hall–Kier alpha value is -1.67. The largest absolute Gasteiger partial charge is 0.411 e. The van der Waals surface area contributed by atoms with Gasteiger partial charge < -0.3 is 9.47 Å². The molecule has 1 aliphatic heterocycles. The average Bonchev–Trinajstić information content (AvgIpc) is 3.06. The number of hydrogen-bond acceptors (Lipinski definition) is 4. The van der Waals surface area contributed by atoms with Gasteiger partial charge in [-0.3, -0.25) is 4.79 Å². The summed E-state index contributed by atoms with van der Waals surface area (Å²) in [4.78, 5) is 11.4. The van der Waals surface area contributed by atoms with Crippen LogP contribution < -0.4 is 0 Å². The van der Waals surface area contributed by atoms with Crippen LogP contribution in [0.5, 0.6) is 0 Å². The van der Waals surface area contributed by atoms with E-state index in [1.54, 1.807) is 10.9 Å². The van der Waals surface area contributed by atoms with Crippen LogP contribution in [0.1, 0.15) is 60.8 Å². The zero-order chi connectivity index (χ0) is 18.6. The zero-order valence-corrected chi connectivity index (χ0v) is 14.5. The Bertz CT molecular complexity index is 649. The molecule has 1 fully saturated rings. The standard InChI is InChI=1S/C18H23F3N2O3/c19-18(20,21)12-25-11-13-4-6-14(7-5-13)17-15(10-24)9-23(22-17)16-3-1-2-8-26-16/h6,9-10,13,16H,1-5,7-8,11-12H2. The van der Waals surface area contributed by atoms with Crippen molar-refractivity contribution in [1.29, 1.82) is 0 Å². The van der Waals surface area contributed by atoms with E-state index in [2.05, 4.69) is 5.10 Å². The van der Waals surface area contributed by atoms with E-state index in [0.717, 1.165) is 37.5 Å². The molecule has 0 aromatic carbocycles. The average molecular weight is 372 g/mol. The summed E-state index contributed by atoms with van der Waals surface area (Å²) in [5, 5.41) is 4.56. The minimum atomic E-state index is -4.29. The number of nitrogens with zero attached hydrogens (tertiary/aromatic N) is 2. The van der Waals surface area contributed by atoms with Gasteiger partial charge in [-0.2, -0.15) is 18.3 Å². The summed E-state index contributed by atoms with van der Waals surface area (Å²) in [5.41, 5.74) is 2.15. The van der Waals surface area contributed by atoms with Crippen molar-refractivity contribution in [3.8, 4) is 0 Å². The predicted octanol–water partition coefficient (Wildman–Crippen LogP) is 4.16. The van der Waals surface area contributed by atoms with Crippen LogP contribution in [0.3, 0.4) is 0 Å². The molecule has 1 saturated heterocycles. The lowest BCUT2D eigenvalue weighted by Gasteiger charge is -2.23. The second kappa shape index (κ2) is 8.35. The molecule has 1 aromatic rings. The first-order valence-corrected chi connectivity index (χ1v) is 8.96. The Morgan fingerprint density at radius 1 is 1.35 bits per heavy atom. The van der Waals surface area contributed by atoms with E-state index >= 15 is 0 Å². The molecule has 26 heavy (non-hydrogen) atoms. The van der Waals surface area contributed by atoms with E-state index in [1.807, 2.05) is 6.08 Å². The minimum absolute atomic E-state index is 0.0598. The number of carbonyl (C=O) groups is 1. The van der Waals surface area contributed by atoms with Gasteiger partial charge in [0.2, 0.25) is 0 Å². The molecular formula is C18H23F3N2O3. The molecule has 5 nitrogen and oxygen atoms in total. The van der Waals surface area contributed by atoms with Crippen LogP contribution in [0.25, 0.3) is 5.57 Å². The van der Waals surface area contributed by atoms with Gasteiger partial charge in [-0.1, -0.05) is 6.08 Å². The van der Waals surface area contributed by atoms with Gasteiger partial charge in [0.25, 0.3) is 0 Å². The quantitative estimate of drug-likeness (QED) is 0.704. The Kier molecular flexibility index (Phi) is 6.13. The predicted molar refractivity (Wildman–Crippen MR) is 88.6 cm³/mol. The molecule has 144 valence electrons. The van der Waals surface area contributed by atoms with Crippen LogP contribution in [0.15, 0.2) is 12.3 Å². The molecule has 3 rings (SSSR count). The molecule has 0 amide bonds. The lowest BCUT2D eigenvalue weighted by Crippen LogP contribution is -2.21. The van der Waals surface area contributed by atoms with Gasteiger partial charge in [0.15, 0.2) is 6.29 Å². The van der Waals surface area contributed by atoms with E-state index in [9.17, 15) is 18.0 Å². The molecule has 0 radical (unpaired) electrons. The van der Waals surface area contributed by atoms with E-state index in [1.165, 1.54) is 0 Å². The highest BCUT2D eigenvalue weighted by molar-refractivity contribution is 5.83. The van der Waals surface area contributed by atoms with Crippen molar-refractivity contribution in [2.45, 2.75) is 50.9 Å². The number of alkyl halides is 3. The highest BCUT2D eigenvalue weighted by Gasteiger charge is 2.28. The molecule has 0 N–H and O–H groups in total. The van der Waals surface area contributed by atoms with Crippen molar-refractivity contribution in [2.75, 3.05) is 19.8 Å². The van der Waals surface area contributed by atoms with Crippen LogP contribution in [0.4, 0.5) is 13.2 Å². The van der Waals surface area contributed by atoms with Crippen molar-refractivity contribution in [3.05, 3.63) is 23.5 Å². The molecular weight excluding hydrogens is 349 g/mol. The first kappa shape index (κ1) is 19.1. The smallest absolute Gasteiger partial charge is 0.372 e. The number of aldehydes is 1. The summed E-state index contributed by atoms with van der Waals surface area (Å²) < 4.78 is 48.6. The van der Waals surface area contributed by atoms with Crippen molar-refractivity contribution in [1.82, 2.24) is 9.78 Å². The monoisotopic (exact) mass is 372 g/mol. The Morgan fingerprint density at radius 2 is 2.19 bits per heavy atom. The first-order valence-electron chi connectivity index (χ1n) is 8.96. The van der Waals surface area contributed by atoms with Crippen molar-refractivity contribution >= 4 is 11.9 Å². The van der Waals surface area contributed by atoms with Crippen molar-refractivity contribution < 1.29 is 27.4 Å². The third-order valence-electron chi connectivity index (χ3n) is 4.78. The number of rotatable bonds is 6. The van der Waals surface area contributed by atoms with Crippen LogP contribution in [-0.2, 0) is 9.47 Å². The fourth-order valence-electron chi connectivity index (χ4n) is 3.42. The summed E-state index contributed by atoms with van der Waals surface area (Å²) in [6, 6.07) is 0. The van der Waals surface area contributed by atoms with Crippen LogP contribution >= 0.6 is 0 Å². The maximum absolute atomic E-state index is 12.1.